The van der Waals surface area contributed by atoms with Gasteiger partial charge in [-0.2, -0.15) is 0 Å². The normalized spacial score (nSPS) is 11.2. The first-order valence-corrected chi connectivity index (χ1v) is 9.11. The van der Waals surface area contributed by atoms with Crippen LogP contribution in [-0.2, 0) is 0 Å². The van der Waals surface area contributed by atoms with Crippen LogP contribution in [0.1, 0.15) is 36.4 Å². The van der Waals surface area contributed by atoms with E-state index in [-0.39, 0.29) is 11.9 Å². The number of para-hydroxylation sites is 1. The zero-order chi connectivity index (χ0) is 15.5. The lowest BCUT2D eigenvalue weighted by Crippen LogP contribution is -2.33. The molecular weight excluding hydrogens is 312 g/mol. The van der Waals surface area contributed by atoms with Gasteiger partial charge in [-0.3, -0.25) is 4.79 Å². The van der Waals surface area contributed by atoms with E-state index in [1.54, 1.807) is 11.3 Å². The molecule has 0 aliphatic rings. The van der Waals surface area contributed by atoms with Gasteiger partial charge in [-0.1, -0.05) is 26.0 Å². The van der Waals surface area contributed by atoms with Gasteiger partial charge in [-0.15, -0.1) is 22.7 Å². The Morgan fingerprint density at radius 3 is 2.64 bits per heavy atom. The number of fused-ring (bicyclic) bond motifs is 1. The predicted molar refractivity (Wildman–Crippen MR) is 94.8 cm³/mol. The third kappa shape index (κ3) is 3.05. The van der Waals surface area contributed by atoms with Gasteiger partial charge in [0.1, 0.15) is 5.01 Å². The maximum absolute atomic E-state index is 12.3. The average Bonchev–Trinajstić information content (AvgIpc) is 3.18. The van der Waals surface area contributed by atoms with Gasteiger partial charge in [0.2, 0.25) is 0 Å². The van der Waals surface area contributed by atoms with E-state index in [9.17, 15) is 4.79 Å². The molecule has 0 saturated carbocycles. The quantitative estimate of drug-likeness (QED) is 0.719. The summed E-state index contributed by atoms with van der Waals surface area (Å²) < 4.78 is 1.17. The summed E-state index contributed by atoms with van der Waals surface area (Å²) >= 11 is 3.17. The van der Waals surface area contributed by atoms with Crippen molar-refractivity contribution in [2.75, 3.05) is 0 Å². The van der Waals surface area contributed by atoms with Gasteiger partial charge in [0.25, 0.3) is 5.91 Å². The molecule has 22 heavy (non-hydrogen) atoms. The zero-order valence-corrected chi connectivity index (χ0v) is 14.3. The van der Waals surface area contributed by atoms with Crippen molar-refractivity contribution in [3.05, 3.63) is 41.3 Å². The van der Waals surface area contributed by atoms with Crippen LogP contribution in [0.2, 0.25) is 0 Å². The zero-order valence-electron chi connectivity index (χ0n) is 12.6. The molecule has 0 aliphatic heterocycles. The summed E-state index contributed by atoms with van der Waals surface area (Å²) in [5.74, 6) is 0.0195. The summed E-state index contributed by atoms with van der Waals surface area (Å²) in [5, 5.41) is 4.06. The summed E-state index contributed by atoms with van der Waals surface area (Å²) in [4.78, 5) is 18.7. The maximum atomic E-state index is 12.3. The van der Waals surface area contributed by atoms with Crippen molar-refractivity contribution in [3.63, 3.8) is 0 Å². The van der Waals surface area contributed by atoms with Gasteiger partial charge in [-0.05, 0) is 37.1 Å². The number of carbonyl (C=O) groups is 1. The van der Waals surface area contributed by atoms with E-state index in [1.807, 2.05) is 30.3 Å². The van der Waals surface area contributed by atoms with Gasteiger partial charge < -0.3 is 5.32 Å². The first kappa shape index (κ1) is 15.2. The fourth-order valence-corrected chi connectivity index (χ4v) is 4.23. The molecule has 0 bridgehead atoms. The molecule has 1 N–H and O–H groups in total. The molecule has 0 unspecified atom stereocenters. The number of amides is 1. The molecule has 2 aromatic heterocycles. The van der Waals surface area contributed by atoms with E-state index in [4.69, 9.17) is 0 Å². The van der Waals surface area contributed by atoms with Crippen LogP contribution >= 0.6 is 22.7 Å². The SMILES string of the molecule is CCC(CC)NC(=O)c1ccc(-c2nc3ccccc3s2)s1. The highest BCUT2D eigenvalue weighted by molar-refractivity contribution is 7.26. The Morgan fingerprint density at radius 2 is 1.91 bits per heavy atom. The highest BCUT2D eigenvalue weighted by Gasteiger charge is 2.15. The second kappa shape index (κ2) is 6.58. The smallest absolute Gasteiger partial charge is 0.261 e. The van der Waals surface area contributed by atoms with E-state index in [2.05, 4.69) is 30.2 Å². The predicted octanol–water partition coefficient (Wildman–Crippen LogP) is 4.94. The molecule has 0 aliphatic carbocycles. The number of rotatable bonds is 5. The van der Waals surface area contributed by atoms with Gasteiger partial charge >= 0.3 is 0 Å². The summed E-state index contributed by atoms with van der Waals surface area (Å²) in [7, 11) is 0. The lowest BCUT2D eigenvalue weighted by Gasteiger charge is -2.13. The Morgan fingerprint density at radius 1 is 1.14 bits per heavy atom. The van der Waals surface area contributed by atoms with Crippen molar-refractivity contribution in [1.29, 1.82) is 0 Å². The second-order valence-electron chi connectivity index (χ2n) is 5.14. The van der Waals surface area contributed by atoms with Crippen molar-refractivity contribution >= 4 is 38.8 Å². The number of nitrogens with one attached hydrogen (secondary N) is 1. The molecule has 1 aromatic carbocycles. The molecular formula is C17H18N2OS2. The van der Waals surface area contributed by atoms with Crippen LogP contribution in [0.4, 0.5) is 0 Å². The van der Waals surface area contributed by atoms with Gasteiger partial charge in [0.05, 0.1) is 20.0 Å². The van der Waals surface area contributed by atoms with Crippen molar-refractivity contribution in [2.45, 2.75) is 32.7 Å². The van der Waals surface area contributed by atoms with Crippen molar-refractivity contribution in [1.82, 2.24) is 10.3 Å². The third-order valence-corrected chi connectivity index (χ3v) is 5.94. The first-order valence-electron chi connectivity index (χ1n) is 7.48. The largest absolute Gasteiger partial charge is 0.349 e. The van der Waals surface area contributed by atoms with Gasteiger partial charge in [-0.25, -0.2) is 4.98 Å². The number of carbonyl (C=O) groups excluding carboxylic acids is 1. The van der Waals surface area contributed by atoms with Crippen LogP contribution in [0.3, 0.4) is 0 Å². The Bertz CT molecular complexity index is 754. The summed E-state index contributed by atoms with van der Waals surface area (Å²) in [5.41, 5.74) is 1.01. The van der Waals surface area contributed by atoms with Crippen LogP contribution in [0.25, 0.3) is 20.1 Å². The molecule has 0 fully saturated rings. The number of nitrogens with zero attached hydrogens (tertiary/aromatic N) is 1. The lowest BCUT2D eigenvalue weighted by molar-refractivity contribution is 0.0939. The fraction of sp³-hybridized carbons (Fsp3) is 0.294. The topological polar surface area (TPSA) is 42.0 Å². The van der Waals surface area contributed by atoms with Crippen LogP contribution in [0.5, 0.6) is 0 Å². The van der Waals surface area contributed by atoms with Crippen LogP contribution in [0.15, 0.2) is 36.4 Å². The third-order valence-electron chi connectivity index (χ3n) is 3.66. The van der Waals surface area contributed by atoms with Crippen LogP contribution in [-0.4, -0.2) is 16.9 Å². The number of thiazole rings is 1. The van der Waals surface area contributed by atoms with E-state index in [0.717, 1.165) is 33.1 Å². The molecule has 3 rings (SSSR count). The summed E-state index contributed by atoms with van der Waals surface area (Å²) in [6.07, 6.45) is 1.91. The molecule has 1 amide bonds. The molecule has 2 heterocycles. The molecule has 0 saturated heterocycles. The summed E-state index contributed by atoms with van der Waals surface area (Å²) in [6.45, 7) is 4.19. The van der Waals surface area contributed by atoms with E-state index < -0.39 is 0 Å². The minimum atomic E-state index is 0.0195. The van der Waals surface area contributed by atoms with Crippen LogP contribution in [0, 0.1) is 0 Å². The fourth-order valence-electron chi connectivity index (χ4n) is 2.30. The first-order chi connectivity index (χ1) is 10.7. The summed E-state index contributed by atoms with van der Waals surface area (Å²) in [6, 6.07) is 12.2. The van der Waals surface area contributed by atoms with E-state index >= 15 is 0 Å². The number of thiophene rings is 1. The van der Waals surface area contributed by atoms with E-state index in [0.29, 0.717) is 0 Å². The Balaban J connectivity index is 1.82. The number of aromatic nitrogens is 1. The van der Waals surface area contributed by atoms with Crippen LogP contribution < -0.4 is 5.32 Å². The molecule has 3 aromatic rings. The molecule has 0 atom stereocenters. The minimum Gasteiger partial charge on any atom is -0.349 e. The molecule has 5 heteroatoms. The van der Waals surface area contributed by atoms with Gasteiger partial charge in [0, 0.05) is 6.04 Å². The maximum Gasteiger partial charge on any atom is 0.261 e. The molecule has 0 spiro atoms. The molecule has 3 nitrogen and oxygen atoms in total. The Kier molecular flexibility index (Phi) is 4.55. The Labute approximate surface area is 138 Å². The number of hydrogen-bond acceptors (Lipinski definition) is 4. The van der Waals surface area contributed by atoms with Gasteiger partial charge in [0.15, 0.2) is 0 Å². The van der Waals surface area contributed by atoms with Crippen molar-refractivity contribution in [2.24, 2.45) is 0 Å². The monoisotopic (exact) mass is 330 g/mol. The minimum absolute atomic E-state index is 0.0195. The molecule has 0 radical (unpaired) electrons. The highest BCUT2D eigenvalue weighted by atomic mass is 32.1. The second-order valence-corrected chi connectivity index (χ2v) is 7.25. The Hall–Kier alpha value is -1.72. The standard InChI is InChI=1S/C17H18N2OS2/c1-3-11(4-2)18-16(20)14-9-10-15(21-14)17-19-12-7-5-6-8-13(12)22-17/h5-11H,3-4H2,1-2H3,(H,18,20). The van der Waals surface area contributed by atoms with Crippen molar-refractivity contribution < 1.29 is 4.79 Å². The highest BCUT2D eigenvalue weighted by Crippen LogP contribution is 2.34. The van der Waals surface area contributed by atoms with E-state index in [1.165, 1.54) is 16.0 Å². The average molecular weight is 330 g/mol. The van der Waals surface area contributed by atoms with Crippen molar-refractivity contribution in [3.8, 4) is 9.88 Å². The number of benzene rings is 1. The number of hydrogen-bond donors (Lipinski definition) is 1. The molecule has 114 valence electrons. The lowest BCUT2D eigenvalue weighted by atomic mass is 10.2.